The zero-order valence-corrected chi connectivity index (χ0v) is 10.8. The summed E-state index contributed by atoms with van der Waals surface area (Å²) in [6, 6.07) is 7.05. The summed E-state index contributed by atoms with van der Waals surface area (Å²) in [5.74, 6) is -0.904. The maximum absolute atomic E-state index is 12.4. The Balaban J connectivity index is 2.14. The number of hydrogen-bond donors (Lipinski definition) is 1. The van der Waals surface area contributed by atoms with Gasteiger partial charge in [-0.2, -0.15) is 0 Å². The van der Waals surface area contributed by atoms with E-state index in [2.05, 4.69) is 0 Å². The van der Waals surface area contributed by atoms with E-state index in [1.54, 1.807) is 23.1 Å². The maximum Gasteiger partial charge on any atom is 0.308 e. The van der Waals surface area contributed by atoms with Crippen molar-refractivity contribution in [2.75, 3.05) is 19.7 Å². The van der Waals surface area contributed by atoms with Crippen molar-refractivity contribution in [1.29, 1.82) is 0 Å². The molecule has 0 saturated carbocycles. The highest BCUT2D eigenvalue weighted by atomic mass is 16.5. The van der Waals surface area contributed by atoms with Gasteiger partial charge in [0.15, 0.2) is 0 Å². The number of amides is 1. The minimum absolute atomic E-state index is 0.159. The monoisotopic (exact) mass is 263 g/mol. The number of likely N-dealkylation sites (tertiary alicyclic amines) is 1. The molecule has 1 aromatic rings. The number of nitrogens with zero attached hydrogens (tertiary/aromatic N) is 1. The van der Waals surface area contributed by atoms with Crippen LogP contribution >= 0.6 is 0 Å². The predicted octanol–water partition coefficient (Wildman–Crippen LogP) is 1.63. The van der Waals surface area contributed by atoms with Crippen LogP contribution in [0.2, 0.25) is 0 Å². The molecule has 0 unspecified atom stereocenters. The third kappa shape index (κ3) is 2.86. The van der Waals surface area contributed by atoms with Crippen LogP contribution in [-0.4, -0.2) is 41.6 Å². The lowest BCUT2D eigenvalue weighted by Gasteiger charge is -2.17. The second-order valence-electron chi connectivity index (χ2n) is 4.50. The molecule has 1 saturated heterocycles. The molecule has 0 radical (unpaired) electrons. The molecule has 5 nitrogen and oxygen atoms in total. The highest BCUT2D eigenvalue weighted by Crippen LogP contribution is 2.24. The summed E-state index contributed by atoms with van der Waals surface area (Å²) in [4.78, 5) is 24.9. The van der Waals surface area contributed by atoms with E-state index in [1.807, 2.05) is 13.0 Å². The molecule has 1 aromatic carbocycles. The Bertz CT molecular complexity index is 486. The van der Waals surface area contributed by atoms with Crippen molar-refractivity contribution in [3.8, 4) is 5.75 Å². The van der Waals surface area contributed by atoms with Crippen molar-refractivity contribution < 1.29 is 19.4 Å². The van der Waals surface area contributed by atoms with Crippen molar-refractivity contribution in [2.45, 2.75) is 13.3 Å². The van der Waals surface area contributed by atoms with Crippen LogP contribution in [0.3, 0.4) is 0 Å². The van der Waals surface area contributed by atoms with Gasteiger partial charge in [-0.05, 0) is 25.5 Å². The molecule has 0 aromatic heterocycles. The Morgan fingerprint density at radius 2 is 2.16 bits per heavy atom. The first-order valence-electron chi connectivity index (χ1n) is 6.37. The van der Waals surface area contributed by atoms with E-state index < -0.39 is 11.9 Å². The Morgan fingerprint density at radius 3 is 2.79 bits per heavy atom. The van der Waals surface area contributed by atoms with Crippen LogP contribution < -0.4 is 4.74 Å². The number of carbonyl (C=O) groups is 2. The van der Waals surface area contributed by atoms with Crippen LogP contribution in [-0.2, 0) is 4.79 Å². The fraction of sp³-hybridized carbons (Fsp3) is 0.429. The van der Waals surface area contributed by atoms with Crippen molar-refractivity contribution in [3.05, 3.63) is 29.8 Å². The lowest BCUT2D eigenvalue weighted by atomic mass is 10.1. The lowest BCUT2D eigenvalue weighted by molar-refractivity contribution is -0.141. The van der Waals surface area contributed by atoms with Crippen LogP contribution in [0.15, 0.2) is 24.3 Å². The van der Waals surface area contributed by atoms with Gasteiger partial charge in [0.25, 0.3) is 5.91 Å². The van der Waals surface area contributed by atoms with Gasteiger partial charge in [-0.3, -0.25) is 9.59 Å². The quantitative estimate of drug-likeness (QED) is 0.896. The smallest absolute Gasteiger partial charge is 0.308 e. The first-order valence-corrected chi connectivity index (χ1v) is 6.37. The summed E-state index contributed by atoms with van der Waals surface area (Å²) in [6.07, 6.45) is 0.512. The van der Waals surface area contributed by atoms with E-state index in [0.717, 1.165) is 0 Å². The fourth-order valence-electron chi connectivity index (χ4n) is 2.24. The first-order chi connectivity index (χ1) is 9.13. The summed E-state index contributed by atoms with van der Waals surface area (Å²) in [7, 11) is 0. The SMILES string of the molecule is CCOc1ccccc1C(=O)N1CC[C@@H](C(=O)O)C1. The number of para-hydroxylation sites is 1. The third-order valence-corrected chi connectivity index (χ3v) is 3.24. The molecule has 0 bridgehead atoms. The summed E-state index contributed by atoms with van der Waals surface area (Å²) < 4.78 is 5.43. The molecule has 0 spiro atoms. The second-order valence-corrected chi connectivity index (χ2v) is 4.50. The Labute approximate surface area is 111 Å². The average molecular weight is 263 g/mol. The van der Waals surface area contributed by atoms with Gasteiger partial charge in [-0.25, -0.2) is 0 Å². The average Bonchev–Trinajstić information content (AvgIpc) is 2.89. The maximum atomic E-state index is 12.4. The number of carbonyl (C=O) groups excluding carboxylic acids is 1. The zero-order chi connectivity index (χ0) is 13.8. The van der Waals surface area contributed by atoms with Crippen LogP contribution in [0.25, 0.3) is 0 Å². The highest BCUT2D eigenvalue weighted by Gasteiger charge is 2.32. The number of benzene rings is 1. The van der Waals surface area contributed by atoms with E-state index in [0.29, 0.717) is 30.9 Å². The van der Waals surface area contributed by atoms with E-state index in [1.165, 1.54) is 0 Å². The minimum atomic E-state index is -0.839. The van der Waals surface area contributed by atoms with Crippen molar-refractivity contribution in [2.24, 2.45) is 5.92 Å². The number of carboxylic acid groups (broad SMARTS) is 1. The van der Waals surface area contributed by atoms with Crippen LogP contribution in [0, 0.1) is 5.92 Å². The first kappa shape index (κ1) is 13.4. The molecule has 1 amide bonds. The molecule has 0 aliphatic carbocycles. The molecule has 102 valence electrons. The van der Waals surface area contributed by atoms with Gasteiger partial charge in [0, 0.05) is 13.1 Å². The number of carboxylic acids is 1. The number of aliphatic carboxylic acids is 1. The Kier molecular flexibility index (Phi) is 4.04. The molecule has 1 aliphatic rings. The Hall–Kier alpha value is -2.04. The summed E-state index contributed by atoms with van der Waals surface area (Å²) in [5.41, 5.74) is 0.496. The topological polar surface area (TPSA) is 66.8 Å². The van der Waals surface area contributed by atoms with E-state index >= 15 is 0 Å². The number of ether oxygens (including phenoxy) is 1. The molecule has 1 atom stereocenters. The van der Waals surface area contributed by atoms with Gasteiger partial charge >= 0.3 is 5.97 Å². The van der Waals surface area contributed by atoms with Gasteiger partial charge in [0.2, 0.25) is 0 Å². The van der Waals surface area contributed by atoms with Gasteiger partial charge in [0.1, 0.15) is 5.75 Å². The molecular formula is C14H17NO4. The molecule has 1 fully saturated rings. The predicted molar refractivity (Wildman–Crippen MR) is 69.3 cm³/mol. The summed E-state index contributed by atoms with van der Waals surface area (Å²) in [6.45, 7) is 3.10. The second kappa shape index (κ2) is 5.73. The van der Waals surface area contributed by atoms with E-state index in [4.69, 9.17) is 9.84 Å². The molecule has 2 rings (SSSR count). The highest BCUT2D eigenvalue weighted by molar-refractivity contribution is 5.97. The number of rotatable bonds is 4. The lowest BCUT2D eigenvalue weighted by Crippen LogP contribution is -2.30. The number of hydrogen-bond acceptors (Lipinski definition) is 3. The van der Waals surface area contributed by atoms with Crippen molar-refractivity contribution >= 4 is 11.9 Å². The largest absolute Gasteiger partial charge is 0.493 e. The van der Waals surface area contributed by atoms with Crippen molar-refractivity contribution in [3.63, 3.8) is 0 Å². The standard InChI is InChI=1S/C14H17NO4/c1-2-19-12-6-4-3-5-11(12)13(16)15-8-7-10(9-15)14(17)18/h3-6,10H,2,7-9H2,1H3,(H,17,18)/t10-/m1/s1. The summed E-state index contributed by atoms with van der Waals surface area (Å²) >= 11 is 0. The Morgan fingerprint density at radius 1 is 1.42 bits per heavy atom. The van der Waals surface area contributed by atoms with Crippen LogP contribution in [0.5, 0.6) is 5.75 Å². The molecule has 1 N–H and O–H groups in total. The molecular weight excluding hydrogens is 246 g/mol. The van der Waals surface area contributed by atoms with Crippen LogP contribution in [0.1, 0.15) is 23.7 Å². The van der Waals surface area contributed by atoms with E-state index in [9.17, 15) is 9.59 Å². The van der Waals surface area contributed by atoms with Gasteiger partial charge in [-0.15, -0.1) is 0 Å². The minimum Gasteiger partial charge on any atom is -0.493 e. The summed E-state index contributed by atoms with van der Waals surface area (Å²) in [5, 5.41) is 8.96. The van der Waals surface area contributed by atoms with Gasteiger partial charge in [0.05, 0.1) is 18.1 Å². The molecule has 19 heavy (non-hydrogen) atoms. The molecule has 1 heterocycles. The molecule has 5 heteroatoms. The van der Waals surface area contributed by atoms with Crippen molar-refractivity contribution in [1.82, 2.24) is 4.90 Å². The van der Waals surface area contributed by atoms with E-state index in [-0.39, 0.29) is 12.5 Å². The third-order valence-electron chi connectivity index (χ3n) is 3.24. The van der Waals surface area contributed by atoms with Crippen LogP contribution in [0.4, 0.5) is 0 Å². The normalized spacial score (nSPS) is 18.4. The van der Waals surface area contributed by atoms with Gasteiger partial charge in [-0.1, -0.05) is 12.1 Å². The van der Waals surface area contributed by atoms with Gasteiger partial charge < -0.3 is 14.7 Å². The fourth-order valence-corrected chi connectivity index (χ4v) is 2.24. The zero-order valence-electron chi connectivity index (χ0n) is 10.8. The molecule has 1 aliphatic heterocycles.